The van der Waals surface area contributed by atoms with E-state index < -0.39 is 17.4 Å². The maximum Gasteiger partial charge on any atom is 0.267 e. The van der Waals surface area contributed by atoms with Gasteiger partial charge in [0, 0.05) is 0 Å². The van der Waals surface area contributed by atoms with Crippen molar-refractivity contribution in [1.82, 2.24) is 29.5 Å². The molecule has 2 aromatic carbocycles. The van der Waals surface area contributed by atoms with Crippen molar-refractivity contribution in [2.45, 2.75) is 19.4 Å². The van der Waals surface area contributed by atoms with E-state index >= 15 is 0 Å². The summed E-state index contributed by atoms with van der Waals surface area (Å²) in [5.74, 6) is 0.285. The molecule has 0 spiro atoms. The molecule has 0 radical (unpaired) electrons. The molecule has 0 bridgehead atoms. The van der Waals surface area contributed by atoms with Crippen LogP contribution in [0, 0.1) is 5.82 Å². The first-order valence-corrected chi connectivity index (χ1v) is 10.3. The van der Waals surface area contributed by atoms with Gasteiger partial charge in [-0.25, -0.2) is 24.3 Å². The van der Waals surface area contributed by atoms with Crippen molar-refractivity contribution >= 4 is 39.5 Å². The van der Waals surface area contributed by atoms with E-state index in [0.717, 1.165) is 0 Å². The Kier molecular flexibility index (Phi) is 5.02. The summed E-state index contributed by atoms with van der Waals surface area (Å²) in [5.41, 5.74) is 1.62. The fourth-order valence-electron chi connectivity index (χ4n) is 3.67. The van der Waals surface area contributed by atoms with Crippen LogP contribution in [-0.4, -0.2) is 29.5 Å². The van der Waals surface area contributed by atoms with Crippen molar-refractivity contribution in [1.29, 1.82) is 0 Å². The first-order valence-electron chi connectivity index (χ1n) is 9.95. The molecular formula is C22H17ClFN7O. The zero-order valence-electron chi connectivity index (χ0n) is 16.9. The maximum absolute atomic E-state index is 14.1. The lowest BCUT2D eigenvalue weighted by Crippen LogP contribution is -2.28. The molecule has 8 nitrogen and oxygen atoms in total. The van der Waals surface area contributed by atoms with E-state index in [9.17, 15) is 9.18 Å². The Hall–Kier alpha value is -3.85. The lowest BCUT2D eigenvalue weighted by atomic mass is 10.1. The number of para-hydroxylation sites is 1. The van der Waals surface area contributed by atoms with E-state index in [1.54, 1.807) is 12.1 Å². The smallest absolute Gasteiger partial charge is 0.267 e. The van der Waals surface area contributed by atoms with Crippen LogP contribution >= 0.6 is 11.6 Å². The van der Waals surface area contributed by atoms with Crippen molar-refractivity contribution in [3.63, 3.8) is 0 Å². The highest BCUT2D eigenvalue weighted by Crippen LogP contribution is 2.28. The largest absolute Gasteiger partial charge is 0.358 e. The minimum atomic E-state index is -0.669. The number of nitrogens with one attached hydrogen (secondary N) is 2. The van der Waals surface area contributed by atoms with Gasteiger partial charge in [0.15, 0.2) is 11.5 Å². The molecule has 3 aromatic heterocycles. The van der Waals surface area contributed by atoms with E-state index in [2.05, 4.69) is 25.3 Å². The van der Waals surface area contributed by atoms with Crippen molar-refractivity contribution in [3.8, 4) is 5.69 Å². The second-order valence-electron chi connectivity index (χ2n) is 7.13. The number of anilines is 1. The molecule has 160 valence electrons. The third-order valence-corrected chi connectivity index (χ3v) is 5.59. The molecule has 0 aliphatic carbocycles. The van der Waals surface area contributed by atoms with Crippen LogP contribution in [0.2, 0.25) is 5.02 Å². The van der Waals surface area contributed by atoms with Crippen LogP contribution < -0.4 is 10.9 Å². The quantitative estimate of drug-likeness (QED) is 0.412. The van der Waals surface area contributed by atoms with Crippen LogP contribution in [0.1, 0.15) is 25.2 Å². The van der Waals surface area contributed by atoms with Gasteiger partial charge in [-0.2, -0.15) is 0 Å². The summed E-state index contributed by atoms with van der Waals surface area (Å²) < 4.78 is 15.6. The standard InChI is InChI=1S/C22H17ClFN7O/c1-2-14(29-20-18-19(26-10-25-18)27-11-28-20)21-30-15-9-8-13(24)17(23)16(15)22(32)31(21)12-6-4-3-5-7-12/h3-11,14H,2H2,1H3,(H2,25,26,27,28,29)/t14-/m0/s1. The van der Waals surface area contributed by atoms with Gasteiger partial charge in [0.05, 0.1) is 34.0 Å². The maximum atomic E-state index is 14.1. The Bertz CT molecular complexity index is 1500. The number of imidazole rings is 1. The van der Waals surface area contributed by atoms with Gasteiger partial charge in [-0.3, -0.25) is 9.36 Å². The Morgan fingerprint density at radius 2 is 1.97 bits per heavy atom. The zero-order chi connectivity index (χ0) is 22.2. The first kappa shape index (κ1) is 20.1. The van der Waals surface area contributed by atoms with Crippen molar-refractivity contribution in [2.75, 3.05) is 5.32 Å². The number of rotatable bonds is 5. The van der Waals surface area contributed by atoms with Gasteiger partial charge < -0.3 is 10.3 Å². The number of hydrogen-bond acceptors (Lipinski definition) is 6. The Morgan fingerprint density at radius 3 is 2.75 bits per heavy atom. The fraction of sp³-hybridized carbons (Fsp3) is 0.136. The third kappa shape index (κ3) is 3.27. The molecule has 1 atom stereocenters. The van der Waals surface area contributed by atoms with Gasteiger partial charge in [0.2, 0.25) is 0 Å². The van der Waals surface area contributed by atoms with Crippen molar-refractivity contribution in [3.05, 3.63) is 82.1 Å². The SMILES string of the molecule is CC[C@H](Nc1ncnc2[nH]cnc12)c1nc2ccc(F)c(Cl)c2c(=O)n1-c1ccccc1. The van der Waals surface area contributed by atoms with Crippen LogP contribution in [0.5, 0.6) is 0 Å². The lowest BCUT2D eigenvalue weighted by Gasteiger charge is -2.22. The van der Waals surface area contributed by atoms with E-state index in [0.29, 0.717) is 40.4 Å². The van der Waals surface area contributed by atoms with Crippen LogP contribution in [0.15, 0.2) is 59.9 Å². The number of aromatic amines is 1. The summed E-state index contributed by atoms with van der Waals surface area (Å²) in [6, 6.07) is 11.3. The number of H-pyrrole nitrogens is 1. The number of fused-ring (bicyclic) bond motifs is 2. The molecule has 0 fully saturated rings. The minimum absolute atomic E-state index is 0.0332. The Labute approximate surface area is 186 Å². The van der Waals surface area contributed by atoms with Crippen LogP contribution in [0.4, 0.5) is 10.2 Å². The van der Waals surface area contributed by atoms with E-state index in [-0.39, 0.29) is 10.4 Å². The number of halogens is 2. The molecule has 0 saturated carbocycles. The normalized spacial score (nSPS) is 12.3. The fourth-order valence-corrected chi connectivity index (χ4v) is 3.91. The highest BCUT2D eigenvalue weighted by Gasteiger charge is 2.23. The average molecular weight is 450 g/mol. The molecule has 0 amide bonds. The molecule has 2 N–H and O–H groups in total. The van der Waals surface area contributed by atoms with E-state index in [4.69, 9.17) is 16.6 Å². The monoisotopic (exact) mass is 449 g/mol. The summed E-state index contributed by atoms with van der Waals surface area (Å²) in [5, 5.41) is 3.13. The summed E-state index contributed by atoms with van der Waals surface area (Å²) in [7, 11) is 0. The van der Waals surface area contributed by atoms with E-state index in [1.807, 2.05) is 25.1 Å². The lowest BCUT2D eigenvalue weighted by molar-refractivity contribution is 0.628. The van der Waals surface area contributed by atoms with E-state index in [1.165, 1.54) is 29.4 Å². The summed E-state index contributed by atoms with van der Waals surface area (Å²) in [4.78, 5) is 34.0. The molecular weight excluding hydrogens is 433 g/mol. The van der Waals surface area contributed by atoms with Crippen LogP contribution in [0.25, 0.3) is 27.8 Å². The molecule has 32 heavy (non-hydrogen) atoms. The predicted octanol–water partition coefficient (Wildman–Crippen LogP) is 4.41. The van der Waals surface area contributed by atoms with Crippen LogP contribution in [0.3, 0.4) is 0 Å². The highest BCUT2D eigenvalue weighted by molar-refractivity contribution is 6.35. The third-order valence-electron chi connectivity index (χ3n) is 5.22. The van der Waals surface area contributed by atoms with Crippen molar-refractivity contribution < 1.29 is 4.39 Å². The number of aromatic nitrogens is 6. The van der Waals surface area contributed by atoms with Gasteiger partial charge in [0.25, 0.3) is 5.56 Å². The molecule has 3 heterocycles. The molecule has 0 unspecified atom stereocenters. The molecule has 5 rings (SSSR count). The number of nitrogens with zero attached hydrogens (tertiary/aromatic N) is 5. The van der Waals surface area contributed by atoms with Gasteiger partial charge >= 0.3 is 0 Å². The summed E-state index contributed by atoms with van der Waals surface area (Å²) in [6.07, 6.45) is 3.54. The molecule has 10 heteroatoms. The van der Waals surface area contributed by atoms with Crippen LogP contribution in [-0.2, 0) is 0 Å². The molecule has 0 saturated heterocycles. The van der Waals surface area contributed by atoms with Gasteiger partial charge in [-0.15, -0.1) is 0 Å². The Morgan fingerprint density at radius 1 is 1.16 bits per heavy atom. The molecule has 0 aliphatic rings. The number of benzene rings is 2. The summed E-state index contributed by atoms with van der Waals surface area (Å²) in [6.45, 7) is 1.96. The average Bonchev–Trinajstić information content (AvgIpc) is 3.30. The molecule has 0 aliphatic heterocycles. The predicted molar refractivity (Wildman–Crippen MR) is 121 cm³/mol. The Balaban J connectivity index is 1.75. The van der Waals surface area contributed by atoms with Gasteiger partial charge in [0.1, 0.15) is 23.5 Å². The summed E-state index contributed by atoms with van der Waals surface area (Å²) >= 11 is 6.17. The first-order chi connectivity index (χ1) is 15.6. The molecule has 5 aromatic rings. The van der Waals surface area contributed by atoms with Gasteiger partial charge in [-0.05, 0) is 30.7 Å². The topological polar surface area (TPSA) is 101 Å². The van der Waals surface area contributed by atoms with Gasteiger partial charge in [-0.1, -0.05) is 36.7 Å². The minimum Gasteiger partial charge on any atom is -0.358 e. The van der Waals surface area contributed by atoms with Crippen molar-refractivity contribution in [2.24, 2.45) is 0 Å². The second-order valence-corrected chi connectivity index (χ2v) is 7.51. The zero-order valence-corrected chi connectivity index (χ0v) is 17.6. The highest BCUT2D eigenvalue weighted by atomic mass is 35.5. The second kappa shape index (κ2) is 8.01. The number of hydrogen-bond donors (Lipinski definition) is 2.